The highest BCUT2D eigenvalue weighted by Crippen LogP contribution is 2.36. The van der Waals surface area contributed by atoms with Gasteiger partial charge >= 0.3 is 0 Å². The number of hydrogen-bond donors (Lipinski definition) is 4. The molecule has 0 saturated carbocycles. The Hall–Kier alpha value is -2.15. The molecule has 0 atom stereocenters. The molecule has 28 heavy (non-hydrogen) atoms. The van der Waals surface area contributed by atoms with E-state index < -0.39 is 5.54 Å². The van der Waals surface area contributed by atoms with Crippen molar-refractivity contribution in [2.75, 3.05) is 19.8 Å². The van der Waals surface area contributed by atoms with Gasteiger partial charge in [0.15, 0.2) is 0 Å². The highest BCUT2D eigenvalue weighted by Gasteiger charge is 2.27. The third-order valence-electron chi connectivity index (χ3n) is 5.57. The van der Waals surface area contributed by atoms with Crippen molar-refractivity contribution >= 4 is 45.0 Å². The Morgan fingerprint density at radius 1 is 0.821 bits per heavy atom. The number of aliphatic hydroxyl groups excluding tert-OH is 3. The van der Waals surface area contributed by atoms with E-state index >= 15 is 0 Å². The fraction of sp³-hybridized carbons (Fsp3) is 0.273. The van der Waals surface area contributed by atoms with Crippen molar-refractivity contribution in [2.24, 2.45) is 7.05 Å². The Morgan fingerprint density at radius 3 is 2.04 bits per heavy atom. The monoisotopic (exact) mass is 400 g/mol. The molecule has 4 N–H and O–H groups in total. The third-order valence-corrected chi connectivity index (χ3v) is 5.57. The van der Waals surface area contributed by atoms with Gasteiger partial charge in [-0.25, -0.2) is 0 Å². The van der Waals surface area contributed by atoms with Gasteiger partial charge in [0.05, 0.1) is 25.4 Å². The van der Waals surface area contributed by atoms with Gasteiger partial charge in [-0.3, -0.25) is 0 Å². The predicted octanol–water partition coefficient (Wildman–Crippen LogP) is 2.71. The molecular weight excluding hydrogens is 376 g/mol. The van der Waals surface area contributed by atoms with Gasteiger partial charge in [0, 0.05) is 35.4 Å². The SMILES string of the molecule is Cl.Cn1c2ccccc2c2c3ccccc3c(CNC(CO)(CO)CO)cc21. The number of halogens is 1. The molecule has 1 aromatic heterocycles. The molecule has 0 aliphatic rings. The lowest BCUT2D eigenvalue weighted by molar-refractivity contribution is 0.0414. The summed E-state index contributed by atoms with van der Waals surface area (Å²) >= 11 is 0. The molecular formula is C22H25ClN2O3. The summed E-state index contributed by atoms with van der Waals surface area (Å²) in [7, 11) is 2.07. The lowest BCUT2D eigenvalue weighted by atomic mass is 9.97. The fourth-order valence-corrected chi connectivity index (χ4v) is 3.84. The zero-order chi connectivity index (χ0) is 19.0. The second kappa shape index (κ2) is 8.07. The van der Waals surface area contributed by atoms with Crippen LogP contribution >= 0.6 is 12.4 Å². The van der Waals surface area contributed by atoms with E-state index in [4.69, 9.17) is 0 Å². The Labute approximate surface area is 169 Å². The molecule has 0 amide bonds. The van der Waals surface area contributed by atoms with Crippen molar-refractivity contribution in [3.63, 3.8) is 0 Å². The quantitative estimate of drug-likeness (QED) is 0.401. The number of rotatable bonds is 6. The van der Waals surface area contributed by atoms with E-state index in [-0.39, 0.29) is 32.2 Å². The largest absolute Gasteiger partial charge is 0.394 e. The number of aromatic nitrogens is 1. The molecule has 6 heteroatoms. The Bertz CT molecular complexity index is 1110. The van der Waals surface area contributed by atoms with Gasteiger partial charge in [-0.1, -0.05) is 42.5 Å². The van der Waals surface area contributed by atoms with Gasteiger partial charge in [0.1, 0.15) is 0 Å². The average molecular weight is 401 g/mol. The van der Waals surface area contributed by atoms with Crippen LogP contribution in [0.25, 0.3) is 32.6 Å². The lowest BCUT2D eigenvalue weighted by Crippen LogP contribution is -2.54. The van der Waals surface area contributed by atoms with E-state index in [1.54, 1.807) is 0 Å². The molecule has 5 nitrogen and oxygen atoms in total. The molecule has 1 heterocycles. The van der Waals surface area contributed by atoms with E-state index in [0.717, 1.165) is 16.5 Å². The highest BCUT2D eigenvalue weighted by molar-refractivity contribution is 6.21. The van der Waals surface area contributed by atoms with Crippen LogP contribution in [0.3, 0.4) is 0 Å². The van der Waals surface area contributed by atoms with Crippen LogP contribution in [0.2, 0.25) is 0 Å². The summed E-state index contributed by atoms with van der Waals surface area (Å²) in [5.74, 6) is 0. The Balaban J connectivity index is 0.00000225. The van der Waals surface area contributed by atoms with Crippen LogP contribution in [0.15, 0.2) is 54.6 Å². The van der Waals surface area contributed by atoms with Crippen LogP contribution in [0.5, 0.6) is 0 Å². The lowest BCUT2D eigenvalue weighted by Gasteiger charge is -2.29. The van der Waals surface area contributed by atoms with Gasteiger partial charge in [0.2, 0.25) is 0 Å². The zero-order valence-electron chi connectivity index (χ0n) is 15.7. The summed E-state index contributed by atoms with van der Waals surface area (Å²) in [6.07, 6.45) is 0. The minimum atomic E-state index is -1.10. The van der Waals surface area contributed by atoms with Crippen LogP contribution in [0.4, 0.5) is 0 Å². The molecule has 0 unspecified atom stereocenters. The molecule has 148 valence electrons. The van der Waals surface area contributed by atoms with Crippen molar-refractivity contribution in [1.29, 1.82) is 0 Å². The topological polar surface area (TPSA) is 77.7 Å². The number of benzene rings is 3. The van der Waals surface area contributed by atoms with Crippen LogP contribution in [0.1, 0.15) is 5.56 Å². The highest BCUT2D eigenvalue weighted by atomic mass is 35.5. The van der Waals surface area contributed by atoms with E-state index in [0.29, 0.717) is 6.54 Å². The maximum Gasteiger partial charge on any atom is 0.0884 e. The van der Waals surface area contributed by atoms with Crippen LogP contribution < -0.4 is 5.32 Å². The standard InChI is InChI=1S/C22H24N2O3.ClH/c1-24-19-9-5-4-8-18(19)21-17-7-3-2-6-16(17)15(10-20(21)24)11-23-22(12-25,13-26)14-27;/h2-10,23,25-27H,11-14H2,1H3;1H. The predicted molar refractivity (Wildman–Crippen MR) is 116 cm³/mol. The summed E-state index contributed by atoms with van der Waals surface area (Å²) in [6, 6.07) is 18.8. The van der Waals surface area contributed by atoms with Crippen LogP contribution in [0, 0.1) is 0 Å². The number of nitrogens with one attached hydrogen (secondary N) is 1. The molecule has 0 fully saturated rings. The first-order chi connectivity index (χ1) is 13.1. The molecule has 0 bridgehead atoms. The molecule has 0 spiro atoms. The minimum Gasteiger partial charge on any atom is -0.394 e. The Kier molecular flexibility index (Phi) is 5.93. The van der Waals surface area contributed by atoms with Gasteiger partial charge < -0.3 is 25.2 Å². The van der Waals surface area contributed by atoms with E-state index in [2.05, 4.69) is 53.3 Å². The van der Waals surface area contributed by atoms with Crippen molar-refractivity contribution in [3.8, 4) is 0 Å². The van der Waals surface area contributed by atoms with Gasteiger partial charge in [-0.05, 0) is 28.5 Å². The number of hydrogen-bond acceptors (Lipinski definition) is 4. The molecule has 3 aromatic carbocycles. The first-order valence-corrected chi connectivity index (χ1v) is 9.09. The van der Waals surface area contributed by atoms with E-state index in [1.165, 1.54) is 21.7 Å². The van der Waals surface area contributed by atoms with Gasteiger partial charge in [-0.15, -0.1) is 12.4 Å². The Morgan fingerprint density at radius 2 is 1.39 bits per heavy atom. The van der Waals surface area contributed by atoms with E-state index in [9.17, 15) is 15.3 Å². The minimum absolute atomic E-state index is 0. The second-order valence-electron chi connectivity index (χ2n) is 7.16. The number of nitrogens with zero attached hydrogens (tertiary/aromatic N) is 1. The van der Waals surface area contributed by atoms with Crippen molar-refractivity contribution in [2.45, 2.75) is 12.1 Å². The molecule has 0 radical (unpaired) electrons. The zero-order valence-corrected chi connectivity index (χ0v) is 16.5. The van der Waals surface area contributed by atoms with Crippen molar-refractivity contribution < 1.29 is 15.3 Å². The normalized spacial score (nSPS) is 12.0. The summed E-state index contributed by atoms with van der Waals surface area (Å²) in [5.41, 5.74) is 2.27. The first kappa shape index (κ1) is 20.6. The number of fused-ring (bicyclic) bond motifs is 5. The first-order valence-electron chi connectivity index (χ1n) is 9.09. The maximum absolute atomic E-state index is 9.59. The van der Waals surface area contributed by atoms with Crippen LogP contribution in [-0.4, -0.2) is 45.2 Å². The van der Waals surface area contributed by atoms with Gasteiger partial charge in [0.25, 0.3) is 0 Å². The molecule has 4 aromatic rings. The number of aliphatic hydroxyl groups is 3. The van der Waals surface area contributed by atoms with E-state index in [1.807, 2.05) is 18.2 Å². The number of aryl methyl sites for hydroxylation is 1. The van der Waals surface area contributed by atoms with Crippen molar-refractivity contribution in [3.05, 3.63) is 60.2 Å². The average Bonchev–Trinajstić information content (AvgIpc) is 3.02. The molecule has 4 rings (SSSR count). The molecule has 0 saturated heterocycles. The van der Waals surface area contributed by atoms with Crippen LogP contribution in [-0.2, 0) is 13.6 Å². The molecule has 0 aliphatic heterocycles. The number of para-hydroxylation sites is 1. The third kappa shape index (κ3) is 3.15. The maximum atomic E-state index is 9.59. The van der Waals surface area contributed by atoms with Crippen molar-refractivity contribution in [1.82, 2.24) is 9.88 Å². The summed E-state index contributed by atoms with van der Waals surface area (Å²) in [4.78, 5) is 0. The summed E-state index contributed by atoms with van der Waals surface area (Å²) < 4.78 is 2.19. The second-order valence-corrected chi connectivity index (χ2v) is 7.16. The smallest absolute Gasteiger partial charge is 0.0884 e. The fourth-order valence-electron chi connectivity index (χ4n) is 3.84. The van der Waals surface area contributed by atoms with Gasteiger partial charge in [-0.2, -0.15) is 0 Å². The molecule has 0 aliphatic carbocycles. The summed E-state index contributed by atoms with van der Waals surface area (Å²) in [5, 5.41) is 36.7. The summed E-state index contributed by atoms with van der Waals surface area (Å²) in [6.45, 7) is -0.587.